The lowest BCUT2D eigenvalue weighted by molar-refractivity contribution is -0.132. The number of amides is 2. The van der Waals surface area contributed by atoms with Gasteiger partial charge in [-0.25, -0.2) is 0 Å². The van der Waals surface area contributed by atoms with Crippen LogP contribution in [0.1, 0.15) is 19.3 Å². The van der Waals surface area contributed by atoms with Gasteiger partial charge in [-0.1, -0.05) is 11.8 Å². The summed E-state index contributed by atoms with van der Waals surface area (Å²) >= 11 is 1.31. The predicted molar refractivity (Wildman–Crippen MR) is 73.1 cm³/mol. The van der Waals surface area contributed by atoms with Crippen LogP contribution in [0.15, 0.2) is 0 Å². The van der Waals surface area contributed by atoms with Crippen molar-refractivity contribution in [3.63, 3.8) is 0 Å². The van der Waals surface area contributed by atoms with Crippen LogP contribution in [0.25, 0.3) is 0 Å². The van der Waals surface area contributed by atoms with Crippen molar-refractivity contribution in [2.24, 2.45) is 5.92 Å². The minimum Gasteiger partial charge on any atom is -0.381 e. The van der Waals surface area contributed by atoms with E-state index in [0.717, 1.165) is 44.8 Å². The van der Waals surface area contributed by atoms with Gasteiger partial charge in [-0.3, -0.25) is 9.59 Å². The zero-order chi connectivity index (χ0) is 13.2. The fourth-order valence-corrected chi connectivity index (χ4v) is 3.49. The molecule has 0 aromatic carbocycles. The molecule has 3 rings (SSSR count). The molecule has 0 bridgehead atoms. The molecule has 0 N–H and O–H groups in total. The van der Waals surface area contributed by atoms with E-state index in [-0.39, 0.29) is 17.7 Å². The van der Waals surface area contributed by atoms with E-state index in [4.69, 9.17) is 4.74 Å². The Morgan fingerprint density at radius 1 is 1.42 bits per heavy atom. The molecule has 2 aliphatic heterocycles. The van der Waals surface area contributed by atoms with E-state index in [0.29, 0.717) is 18.5 Å². The summed E-state index contributed by atoms with van der Waals surface area (Å²) in [4.78, 5) is 27.6. The molecule has 3 aliphatic rings. The zero-order valence-corrected chi connectivity index (χ0v) is 11.9. The highest BCUT2D eigenvalue weighted by Gasteiger charge is 2.36. The van der Waals surface area contributed by atoms with Crippen molar-refractivity contribution < 1.29 is 14.3 Å². The summed E-state index contributed by atoms with van der Waals surface area (Å²) in [7, 11) is 0. The van der Waals surface area contributed by atoms with Crippen LogP contribution in [-0.2, 0) is 9.53 Å². The number of carbonyl (C=O) groups is 2. The SMILES string of the molecule is O=C1SCCN1CC(=O)N(C[C@H]1CCOC1)C1CC1. The number of thioether (sulfide) groups is 1. The Morgan fingerprint density at radius 3 is 2.84 bits per heavy atom. The summed E-state index contributed by atoms with van der Waals surface area (Å²) in [5, 5.41) is 0.0493. The monoisotopic (exact) mass is 284 g/mol. The van der Waals surface area contributed by atoms with Gasteiger partial charge in [0, 0.05) is 37.4 Å². The molecule has 0 radical (unpaired) electrons. The molecule has 1 atom stereocenters. The fourth-order valence-electron chi connectivity index (χ4n) is 2.67. The first kappa shape index (κ1) is 13.2. The second-order valence-corrected chi connectivity index (χ2v) is 6.59. The molecule has 2 saturated heterocycles. The van der Waals surface area contributed by atoms with E-state index in [1.165, 1.54) is 11.8 Å². The molecule has 106 valence electrons. The number of rotatable bonds is 5. The smallest absolute Gasteiger partial charge is 0.282 e. The lowest BCUT2D eigenvalue weighted by atomic mass is 10.1. The van der Waals surface area contributed by atoms with Gasteiger partial charge in [0.25, 0.3) is 5.24 Å². The summed E-state index contributed by atoms with van der Waals surface area (Å²) in [5.41, 5.74) is 0. The van der Waals surface area contributed by atoms with Crippen LogP contribution >= 0.6 is 11.8 Å². The molecule has 1 aliphatic carbocycles. The van der Waals surface area contributed by atoms with Crippen molar-refractivity contribution in [2.45, 2.75) is 25.3 Å². The normalized spacial score (nSPS) is 27.1. The minimum atomic E-state index is 0.0493. The van der Waals surface area contributed by atoms with Crippen LogP contribution in [0.5, 0.6) is 0 Å². The summed E-state index contributed by atoms with van der Waals surface area (Å²) in [6, 6.07) is 0.415. The molecule has 0 aromatic rings. The molecule has 0 unspecified atom stereocenters. The molecule has 0 aromatic heterocycles. The average molecular weight is 284 g/mol. The Kier molecular flexibility index (Phi) is 3.98. The van der Waals surface area contributed by atoms with E-state index in [1.807, 2.05) is 4.90 Å². The van der Waals surface area contributed by atoms with Gasteiger partial charge in [0.05, 0.1) is 6.61 Å². The number of hydrogen-bond acceptors (Lipinski definition) is 4. The van der Waals surface area contributed by atoms with Crippen LogP contribution in [0.3, 0.4) is 0 Å². The largest absolute Gasteiger partial charge is 0.381 e. The summed E-state index contributed by atoms with van der Waals surface area (Å²) in [6.45, 7) is 3.36. The van der Waals surface area contributed by atoms with Gasteiger partial charge in [0.1, 0.15) is 6.54 Å². The molecule has 6 heteroatoms. The Bertz CT molecular complexity index is 367. The van der Waals surface area contributed by atoms with Crippen molar-refractivity contribution in [1.29, 1.82) is 0 Å². The molecule has 2 heterocycles. The number of ether oxygens (including phenoxy) is 1. The molecule has 2 amide bonds. The molecule has 1 saturated carbocycles. The molecule has 0 spiro atoms. The van der Waals surface area contributed by atoms with Gasteiger partial charge in [0.15, 0.2) is 0 Å². The molecular weight excluding hydrogens is 264 g/mol. The first-order valence-corrected chi connectivity index (χ1v) is 8.01. The first-order chi connectivity index (χ1) is 9.24. The highest BCUT2D eigenvalue weighted by atomic mass is 32.2. The number of carbonyl (C=O) groups excluding carboxylic acids is 2. The van der Waals surface area contributed by atoms with Crippen molar-refractivity contribution in [3.05, 3.63) is 0 Å². The van der Waals surface area contributed by atoms with E-state index in [9.17, 15) is 9.59 Å². The van der Waals surface area contributed by atoms with Crippen LogP contribution in [0, 0.1) is 5.92 Å². The lowest BCUT2D eigenvalue weighted by Crippen LogP contribution is -2.43. The summed E-state index contributed by atoms with van der Waals surface area (Å²) in [6.07, 6.45) is 3.28. The summed E-state index contributed by atoms with van der Waals surface area (Å²) < 4.78 is 5.38. The summed E-state index contributed by atoms with van der Waals surface area (Å²) in [5.74, 6) is 1.41. The zero-order valence-electron chi connectivity index (χ0n) is 11.0. The van der Waals surface area contributed by atoms with Gasteiger partial charge >= 0.3 is 0 Å². The molecule has 3 fully saturated rings. The van der Waals surface area contributed by atoms with Crippen molar-refractivity contribution in [2.75, 3.05) is 38.6 Å². The maximum Gasteiger partial charge on any atom is 0.282 e. The maximum atomic E-state index is 12.4. The average Bonchev–Trinajstić information content (AvgIpc) is 2.95. The number of hydrogen-bond donors (Lipinski definition) is 0. The number of nitrogens with zero attached hydrogens (tertiary/aromatic N) is 2. The Labute approximate surface area is 117 Å². The predicted octanol–water partition coefficient (Wildman–Crippen LogP) is 1.18. The third kappa shape index (κ3) is 3.23. The Hall–Kier alpha value is -0.750. The van der Waals surface area contributed by atoms with Crippen LogP contribution in [-0.4, -0.2) is 65.6 Å². The van der Waals surface area contributed by atoms with E-state index in [1.54, 1.807) is 4.90 Å². The van der Waals surface area contributed by atoms with E-state index < -0.39 is 0 Å². The Balaban J connectivity index is 1.56. The maximum absolute atomic E-state index is 12.4. The first-order valence-electron chi connectivity index (χ1n) is 7.03. The second-order valence-electron chi connectivity index (χ2n) is 5.54. The van der Waals surface area contributed by atoms with Crippen LogP contribution < -0.4 is 0 Å². The lowest BCUT2D eigenvalue weighted by Gasteiger charge is -2.27. The fraction of sp³-hybridized carbons (Fsp3) is 0.846. The van der Waals surface area contributed by atoms with Crippen molar-refractivity contribution in [3.8, 4) is 0 Å². The van der Waals surface area contributed by atoms with Crippen molar-refractivity contribution >= 4 is 22.9 Å². The second kappa shape index (κ2) is 5.71. The van der Waals surface area contributed by atoms with Gasteiger partial charge in [-0.2, -0.15) is 0 Å². The van der Waals surface area contributed by atoms with Gasteiger partial charge in [-0.05, 0) is 19.3 Å². The van der Waals surface area contributed by atoms with E-state index >= 15 is 0 Å². The highest BCUT2D eigenvalue weighted by molar-refractivity contribution is 8.13. The standard InChI is InChI=1S/C13H20N2O3S/c16-12(8-14-4-6-19-13(14)17)15(11-1-2-11)7-10-3-5-18-9-10/h10-11H,1-9H2/t10-/m1/s1. The molecule has 19 heavy (non-hydrogen) atoms. The van der Waals surface area contributed by atoms with Crippen molar-refractivity contribution in [1.82, 2.24) is 9.80 Å². The van der Waals surface area contributed by atoms with Gasteiger partial charge in [-0.15, -0.1) is 0 Å². The topological polar surface area (TPSA) is 49.9 Å². The van der Waals surface area contributed by atoms with Crippen LogP contribution in [0.2, 0.25) is 0 Å². The highest BCUT2D eigenvalue weighted by Crippen LogP contribution is 2.29. The van der Waals surface area contributed by atoms with Gasteiger partial charge < -0.3 is 14.5 Å². The quantitative estimate of drug-likeness (QED) is 0.761. The Morgan fingerprint density at radius 2 is 2.26 bits per heavy atom. The van der Waals surface area contributed by atoms with Gasteiger partial charge in [0.2, 0.25) is 5.91 Å². The minimum absolute atomic E-state index is 0.0493. The third-order valence-electron chi connectivity index (χ3n) is 3.96. The van der Waals surface area contributed by atoms with Crippen LogP contribution in [0.4, 0.5) is 4.79 Å². The molecular formula is C13H20N2O3S. The third-order valence-corrected chi connectivity index (χ3v) is 4.85. The van der Waals surface area contributed by atoms with E-state index in [2.05, 4.69) is 0 Å². The molecule has 5 nitrogen and oxygen atoms in total.